The molecule has 1 atom stereocenters. The van der Waals surface area contributed by atoms with Gasteiger partial charge in [0, 0.05) is 61.8 Å². The number of aromatic nitrogens is 1. The summed E-state index contributed by atoms with van der Waals surface area (Å²) < 4.78 is 1.65. The Balaban J connectivity index is 1.60. The molecule has 0 saturated carbocycles. The Bertz CT molecular complexity index is 1050. The summed E-state index contributed by atoms with van der Waals surface area (Å²) in [6.07, 6.45) is 6.95. The number of carbonyl (C=O) groups is 2. The van der Waals surface area contributed by atoms with Crippen molar-refractivity contribution in [2.75, 3.05) is 31.6 Å². The van der Waals surface area contributed by atoms with E-state index in [0.29, 0.717) is 5.49 Å². The van der Waals surface area contributed by atoms with Gasteiger partial charge in [-0.3, -0.25) is 19.1 Å². The number of likely N-dealkylation sites (tertiary alicyclic amines) is 1. The van der Waals surface area contributed by atoms with Crippen molar-refractivity contribution in [3.05, 3.63) is 53.1 Å². The second-order valence-corrected chi connectivity index (χ2v) is 8.58. The number of rotatable bonds is 4. The van der Waals surface area contributed by atoms with Crippen LogP contribution in [0.15, 0.2) is 41.5 Å². The van der Waals surface area contributed by atoms with Crippen LogP contribution in [0.2, 0.25) is 0 Å². The molecular formula is C25H32N4O2. The fourth-order valence-electron chi connectivity index (χ4n) is 4.50. The first-order valence-corrected chi connectivity index (χ1v) is 11.4. The van der Waals surface area contributed by atoms with E-state index in [-0.39, 0.29) is 17.7 Å². The normalized spacial score (nSPS) is 17.6. The summed E-state index contributed by atoms with van der Waals surface area (Å²) in [5.74, 6) is 0.175. The lowest BCUT2D eigenvalue weighted by Gasteiger charge is -2.27. The van der Waals surface area contributed by atoms with Crippen LogP contribution in [0.25, 0.3) is 0 Å². The minimum Gasteiger partial charge on any atom is -0.341 e. The average molecular weight is 421 g/mol. The highest BCUT2D eigenvalue weighted by atomic mass is 16.2. The van der Waals surface area contributed by atoms with Crippen molar-refractivity contribution in [3.8, 4) is 0 Å². The summed E-state index contributed by atoms with van der Waals surface area (Å²) in [6.45, 7) is 6.55. The lowest BCUT2D eigenvalue weighted by atomic mass is 10.1. The van der Waals surface area contributed by atoms with E-state index in [2.05, 4.69) is 22.0 Å². The Morgan fingerprint density at radius 1 is 1.06 bits per heavy atom. The van der Waals surface area contributed by atoms with E-state index in [1.807, 2.05) is 43.1 Å². The molecule has 1 aromatic heterocycles. The van der Waals surface area contributed by atoms with E-state index in [1.165, 1.54) is 12.0 Å². The second-order valence-electron chi connectivity index (χ2n) is 8.58. The van der Waals surface area contributed by atoms with E-state index in [4.69, 9.17) is 0 Å². The van der Waals surface area contributed by atoms with Gasteiger partial charge in [0.05, 0.1) is 0 Å². The molecule has 1 saturated heterocycles. The van der Waals surface area contributed by atoms with Crippen LogP contribution < -0.4 is 10.4 Å². The standard InChI is InChI=1S/C25H32N4O2/c1-4-18(2)24(30)29-15-11-21(17-23(29)26-3)28-14-10-19-16-20(8-9-22(19)28)25(31)27-12-6-5-7-13-27/h8-9,11,15-18H,4-7,10,12-14H2,1-3H3. The molecule has 3 heterocycles. The molecule has 6 heteroatoms. The quantitative estimate of drug-likeness (QED) is 0.751. The van der Waals surface area contributed by atoms with Crippen molar-refractivity contribution in [1.29, 1.82) is 0 Å². The molecule has 0 N–H and O–H groups in total. The predicted molar refractivity (Wildman–Crippen MR) is 123 cm³/mol. The Morgan fingerprint density at radius 2 is 1.84 bits per heavy atom. The van der Waals surface area contributed by atoms with E-state index in [9.17, 15) is 9.59 Å². The van der Waals surface area contributed by atoms with Crippen molar-refractivity contribution in [2.45, 2.75) is 46.0 Å². The summed E-state index contributed by atoms with van der Waals surface area (Å²) in [7, 11) is 1.72. The summed E-state index contributed by atoms with van der Waals surface area (Å²) in [6, 6.07) is 10.0. The number of pyridine rings is 1. The van der Waals surface area contributed by atoms with Gasteiger partial charge >= 0.3 is 0 Å². The average Bonchev–Trinajstić information content (AvgIpc) is 3.26. The zero-order valence-electron chi connectivity index (χ0n) is 18.8. The van der Waals surface area contributed by atoms with Gasteiger partial charge in [-0.25, -0.2) is 0 Å². The lowest BCUT2D eigenvalue weighted by Crippen LogP contribution is -2.35. The molecule has 164 valence electrons. The number of hydrogen-bond donors (Lipinski definition) is 0. The van der Waals surface area contributed by atoms with Crippen molar-refractivity contribution in [2.24, 2.45) is 10.9 Å². The third-order valence-electron chi connectivity index (χ3n) is 6.60. The third-order valence-corrected chi connectivity index (χ3v) is 6.60. The number of fused-ring (bicyclic) bond motifs is 1. The molecule has 2 aromatic rings. The maximum atomic E-state index is 12.9. The Kier molecular flexibility index (Phi) is 6.25. The molecule has 1 unspecified atom stereocenters. The second kappa shape index (κ2) is 9.08. The lowest BCUT2D eigenvalue weighted by molar-refractivity contribution is 0.0724. The monoisotopic (exact) mass is 420 g/mol. The molecule has 2 aliphatic rings. The van der Waals surface area contributed by atoms with Crippen molar-refractivity contribution < 1.29 is 9.59 Å². The first-order chi connectivity index (χ1) is 15.0. The summed E-state index contributed by atoms with van der Waals surface area (Å²) in [5.41, 5.74) is 4.79. The maximum absolute atomic E-state index is 12.9. The van der Waals surface area contributed by atoms with Crippen molar-refractivity contribution >= 4 is 23.2 Å². The van der Waals surface area contributed by atoms with Crippen molar-refractivity contribution in [3.63, 3.8) is 0 Å². The van der Waals surface area contributed by atoms with Gasteiger partial charge in [0.25, 0.3) is 5.91 Å². The van der Waals surface area contributed by atoms with Crippen LogP contribution in [0, 0.1) is 5.92 Å². The first-order valence-electron chi connectivity index (χ1n) is 11.4. The highest BCUT2D eigenvalue weighted by Gasteiger charge is 2.25. The van der Waals surface area contributed by atoms with Crippen LogP contribution in [0.1, 0.15) is 60.2 Å². The number of amides is 1. The largest absolute Gasteiger partial charge is 0.341 e. The van der Waals surface area contributed by atoms with Gasteiger partial charge < -0.3 is 9.80 Å². The summed E-state index contributed by atoms with van der Waals surface area (Å²) >= 11 is 0. The molecule has 1 amide bonds. The minimum absolute atomic E-state index is 0.0419. The van der Waals surface area contributed by atoms with Crippen LogP contribution in [0.3, 0.4) is 0 Å². The fourth-order valence-corrected chi connectivity index (χ4v) is 4.50. The van der Waals surface area contributed by atoms with E-state index in [0.717, 1.165) is 62.3 Å². The number of nitrogens with zero attached hydrogens (tertiary/aromatic N) is 4. The smallest absolute Gasteiger partial charge is 0.253 e. The molecule has 0 bridgehead atoms. The molecule has 1 fully saturated rings. The highest BCUT2D eigenvalue weighted by molar-refractivity contribution is 5.95. The number of anilines is 2. The third kappa shape index (κ3) is 4.16. The van der Waals surface area contributed by atoms with Gasteiger partial charge in [0.15, 0.2) is 0 Å². The molecule has 1 aromatic carbocycles. The molecular weight excluding hydrogens is 388 g/mol. The SMILES string of the molecule is CCC(C)C(=O)n1ccc(N2CCc3cc(C(=O)N4CCCCC4)ccc32)cc1=NC. The molecule has 4 rings (SSSR count). The van der Waals surface area contributed by atoms with Crippen LogP contribution >= 0.6 is 0 Å². The molecule has 6 nitrogen and oxygen atoms in total. The highest BCUT2D eigenvalue weighted by Crippen LogP contribution is 2.34. The zero-order valence-corrected chi connectivity index (χ0v) is 18.8. The molecule has 31 heavy (non-hydrogen) atoms. The maximum Gasteiger partial charge on any atom is 0.253 e. The topological polar surface area (TPSA) is 57.9 Å². The van der Waals surface area contributed by atoms with Crippen LogP contribution in [-0.2, 0) is 6.42 Å². The van der Waals surface area contributed by atoms with Gasteiger partial charge in [0.1, 0.15) is 5.49 Å². The number of piperidine rings is 1. The van der Waals surface area contributed by atoms with Gasteiger partial charge in [-0.1, -0.05) is 13.8 Å². The fraction of sp³-hybridized carbons (Fsp3) is 0.480. The van der Waals surface area contributed by atoms with Crippen LogP contribution in [-0.4, -0.2) is 48.0 Å². The van der Waals surface area contributed by atoms with Gasteiger partial charge in [-0.05, 0) is 61.9 Å². The Morgan fingerprint density at radius 3 is 2.55 bits per heavy atom. The Labute approximate surface area is 184 Å². The first kappa shape index (κ1) is 21.3. The molecule has 0 aliphatic carbocycles. The van der Waals surface area contributed by atoms with Gasteiger partial charge in [0.2, 0.25) is 5.91 Å². The Hall–Kier alpha value is -2.89. The summed E-state index contributed by atoms with van der Waals surface area (Å²) in [4.78, 5) is 34.1. The number of carbonyl (C=O) groups excluding carboxylic acids is 2. The van der Waals surface area contributed by atoms with Crippen molar-refractivity contribution in [1.82, 2.24) is 9.47 Å². The van der Waals surface area contributed by atoms with Gasteiger partial charge in [-0.2, -0.15) is 0 Å². The number of benzene rings is 1. The van der Waals surface area contributed by atoms with Crippen LogP contribution in [0.4, 0.5) is 11.4 Å². The van der Waals surface area contributed by atoms with E-state index in [1.54, 1.807) is 11.6 Å². The summed E-state index contributed by atoms with van der Waals surface area (Å²) in [5, 5.41) is 0. The van der Waals surface area contributed by atoms with Crippen LogP contribution in [0.5, 0.6) is 0 Å². The molecule has 0 spiro atoms. The molecule has 0 radical (unpaired) electrons. The van der Waals surface area contributed by atoms with E-state index >= 15 is 0 Å². The van der Waals surface area contributed by atoms with Gasteiger partial charge in [-0.15, -0.1) is 0 Å². The number of hydrogen-bond acceptors (Lipinski definition) is 4. The molecule has 2 aliphatic heterocycles. The van der Waals surface area contributed by atoms with E-state index < -0.39 is 0 Å². The predicted octanol–water partition coefficient (Wildman–Crippen LogP) is 4.03. The minimum atomic E-state index is -0.0419. The zero-order chi connectivity index (χ0) is 22.0.